The summed E-state index contributed by atoms with van der Waals surface area (Å²) >= 11 is 0. The van der Waals surface area contributed by atoms with Gasteiger partial charge in [-0.25, -0.2) is 4.68 Å². The summed E-state index contributed by atoms with van der Waals surface area (Å²) in [6.07, 6.45) is 2.11. The van der Waals surface area contributed by atoms with Gasteiger partial charge >= 0.3 is 0 Å². The van der Waals surface area contributed by atoms with Crippen LogP contribution >= 0.6 is 0 Å². The SMILES string of the molecule is Cc1cc2c(cc1O)NC(=O)C[C@@H]2c1ccnn1-c1ccccc1. The van der Waals surface area contributed by atoms with Gasteiger partial charge in [0.2, 0.25) is 5.91 Å². The van der Waals surface area contributed by atoms with Crippen LogP contribution in [-0.2, 0) is 4.79 Å². The molecule has 0 saturated carbocycles. The molecule has 3 aromatic rings. The number of benzene rings is 2. The van der Waals surface area contributed by atoms with Crippen LogP contribution in [-0.4, -0.2) is 20.8 Å². The Kier molecular flexibility index (Phi) is 3.34. The molecule has 0 spiro atoms. The van der Waals surface area contributed by atoms with Crippen LogP contribution < -0.4 is 5.32 Å². The molecule has 2 aromatic carbocycles. The molecule has 4 rings (SSSR count). The minimum Gasteiger partial charge on any atom is -0.508 e. The number of nitrogens with one attached hydrogen (secondary N) is 1. The number of amides is 1. The lowest BCUT2D eigenvalue weighted by atomic mass is 9.86. The van der Waals surface area contributed by atoms with Crippen molar-refractivity contribution in [2.75, 3.05) is 5.32 Å². The Labute approximate surface area is 139 Å². The number of rotatable bonds is 2. The van der Waals surface area contributed by atoms with Crippen molar-refractivity contribution in [3.8, 4) is 11.4 Å². The summed E-state index contributed by atoms with van der Waals surface area (Å²) in [4.78, 5) is 12.2. The normalized spacial score (nSPS) is 16.5. The van der Waals surface area contributed by atoms with E-state index in [1.165, 1.54) is 0 Å². The van der Waals surface area contributed by atoms with Gasteiger partial charge in [-0.2, -0.15) is 5.10 Å². The Balaban J connectivity index is 1.86. The van der Waals surface area contributed by atoms with Crippen LogP contribution in [0.2, 0.25) is 0 Å². The summed E-state index contributed by atoms with van der Waals surface area (Å²) in [5.74, 6) is 0.0265. The van der Waals surface area contributed by atoms with Crippen LogP contribution in [0.3, 0.4) is 0 Å². The van der Waals surface area contributed by atoms with E-state index in [1.807, 2.05) is 54.1 Å². The molecule has 0 fully saturated rings. The van der Waals surface area contributed by atoms with E-state index in [0.717, 1.165) is 22.5 Å². The van der Waals surface area contributed by atoms with Gasteiger partial charge in [0, 0.05) is 30.3 Å². The van der Waals surface area contributed by atoms with E-state index in [1.54, 1.807) is 12.3 Å². The predicted octanol–water partition coefficient (Wildman–Crippen LogP) is 3.36. The molecular formula is C19H17N3O2. The summed E-state index contributed by atoms with van der Waals surface area (Å²) in [5, 5.41) is 17.2. The zero-order valence-corrected chi connectivity index (χ0v) is 13.2. The average molecular weight is 319 g/mol. The third-order valence-electron chi connectivity index (χ3n) is 4.44. The van der Waals surface area contributed by atoms with E-state index in [9.17, 15) is 9.90 Å². The van der Waals surface area contributed by atoms with Crippen LogP contribution in [0.4, 0.5) is 5.69 Å². The number of anilines is 1. The molecule has 1 aliphatic rings. The van der Waals surface area contributed by atoms with E-state index >= 15 is 0 Å². The number of fused-ring (bicyclic) bond motifs is 1. The molecule has 2 N–H and O–H groups in total. The second-order valence-electron chi connectivity index (χ2n) is 6.03. The molecule has 0 aliphatic carbocycles. The van der Waals surface area contributed by atoms with Gasteiger partial charge in [-0.3, -0.25) is 4.79 Å². The fourth-order valence-electron chi connectivity index (χ4n) is 3.24. The van der Waals surface area contributed by atoms with Gasteiger partial charge in [0.15, 0.2) is 0 Å². The van der Waals surface area contributed by atoms with Gasteiger partial charge in [0.05, 0.1) is 11.4 Å². The van der Waals surface area contributed by atoms with Crippen molar-refractivity contribution in [2.45, 2.75) is 19.3 Å². The molecule has 0 radical (unpaired) electrons. The minimum atomic E-state index is -0.101. The van der Waals surface area contributed by atoms with Gasteiger partial charge in [0.25, 0.3) is 0 Å². The number of hydrogen-bond acceptors (Lipinski definition) is 3. The first kappa shape index (κ1) is 14.5. The second-order valence-corrected chi connectivity index (χ2v) is 6.03. The van der Waals surface area contributed by atoms with Gasteiger partial charge < -0.3 is 10.4 Å². The van der Waals surface area contributed by atoms with E-state index in [4.69, 9.17) is 0 Å². The van der Waals surface area contributed by atoms with Crippen LogP contribution in [0, 0.1) is 6.92 Å². The molecule has 120 valence electrons. The summed E-state index contributed by atoms with van der Waals surface area (Å²) in [6, 6.07) is 15.4. The molecule has 0 saturated heterocycles. The highest BCUT2D eigenvalue weighted by Gasteiger charge is 2.29. The number of phenolic OH excluding ortho intramolecular Hbond substituents is 1. The quantitative estimate of drug-likeness (QED) is 0.761. The summed E-state index contributed by atoms with van der Waals surface area (Å²) in [6.45, 7) is 1.86. The number of nitrogens with zero attached hydrogens (tertiary/aromatic N) is 2. The van der Waals surface area contributed by atoms with Crippen LogP contribution in [0.1, 0.15) is 29.2 Å². The number of carbonyl (C=O) groups excluding carboxylic acids is 1. The third kappa shape index (κ3) is 2.34. The highest BCUT2D eigenvalue weighted by atomic mass is 16.3. The summed E-state index contributed by atoms with van der Waals surface area (Å²) in [5.41, 5.74) is 4.38. The topological polar surface area (TPSA) is 67.2 Å². The van der Waals surface area contributed by atoms with Crippen LogP contribution in [0.15, 0.2) is 54.7 Å². The monoisotopic (exact) mass is 319 g/mol. The number of hydrogen-bond donors (Lipinski definition) is 2. The van der Waals surface area contributed by atoms with Crippen molar-refractivity contribution >= 4 is 11.6 Å². The maximum absolute atomic E-state index is 12.2. The summed E-state index contributed by atoms with van der Waals surface area (Å²) in [7, 11) is 0. The fourth-order valence-corrected chi connectivity index (χ4v) is 3.24. The largest absolute Gasteiger partial charge is 0.508 e. The molecule has 5 nitrogen and oxygen atoms in total. The molecule has 1 aromatic heterocycles. The van der Waals surface area contributed by atoms with Crippen molar-refractivity contribution in [1.29, 1.82) is 0 Å². The highest BCUT2D eigenvalue weighted by molar-refractivity contribution is 5.95. The van der Waals surface area contributed by atoms with Crippen molar-refractivity contribution in [1.82, 2.24) is 9.78 Å². The first-order chi connectivity index (χ1) is 11.6. The van der Waals surface area contributed by atoms with Gasteiger partial charge in [-0.1, -0.05) is 18.2 Å². The highest BCUT2D eigenvalue weighted by Crippen LogP contribution is 2.40. The number of para-hydroxylation sites is 1. The molecule has 1 atom stereocenters. The lowest BCUT2D eigenvalue weighted by Crippen LogP contribution is -2.25. The Bertz CT molecular complexity index is 916. The number of aryl methyl sites for hydroxylation is 1. The lowest BCUT2D eigenvalue weighted by Gasteiger charge is -2.27. The zero-order chi connectivity index (χ0) is 16.7. The lowest BCUT2D eigenvalue weighted by molar-refractivity contribution is -0.116. The van der Waals surface area contributed by atoms with Gasteiger partial charge in [0.1, 0.15) is 5.75 Å². The third-order valence-corrected chi connectivity index (χ3v) is 4.44. The number of carbonyl (C=O) groups is 1. The fraction of sp³-hybridized carbons (Fsp3) is 0.158. The van der Waals surface area contributed by atoms with Crippen molar-refractivity contribution < 1.29 is 9.90 Å². The van der Waals surface area contributed by atoms with Crippen LogP contribution in [0.25, 0.3) is 5.69 Å². The Morgan fingerprint density at radius 3 is 2.79 bits per heavy atom. The molecule has 0 bridgehead atoms. The van der Waals surface area contributed by atoms with Gasteiger partial charge in [-0.15, -0.1) is 0 Å². The molecular weight excluding hydrogens is 302 g/mol. The predicted molar refractivity (Wildman–Crippen MR) is 91.5 cm³/mol. The molecule has 5 heteroatoms. The van der Waals surface area contributed by atoms with E-state index in [0.29, 0.717) is 12.1 Å². The maximum Gasteiger partial charge on any atom is 0.225 e. The Morgan fingerprint density at radius 1 is 1.21 bits per heavy atom. The molecule has 0 unspecified atom stereocenters. The van der Waals surface area contributed by atoms with Crippen molar-refractivity contribution in [3.63, 3.8) is 0 Å². The summed E-state index contributed by atoms with van der Waals surface area (Å²) < 4.78 is 1.87. The Hall–Kier alpha value is -3.08. The van der Waals surface area contributed by atoms with Crippen molar-refractivity contribution in [3.05, 3.63) is 71.5 Å². The van der Waals surface area contributed by atoms with E-state index in [2.05, 4.69) is 10.4 Å². The number of aromatic hydroxyl groups is 1. The minimum absolute atomic E-state index is 0.0587. The zero-order valence-electron chi connectivity index (χ0n) is 13.2. The molecule has 1 amide bonds. The molecule has 1 aliphatic heterocycles. The molecule has 2 heterocycles. The maximum atomic E-state index is 12.2. The Morgan fingerprint density at radius 2 is 2.00 bits per heavy atom. The van der Waals surface area contributed by atoms with Gasteiger partial charge in [-0.05, 0) is 42.3 Å². The number of aromatic nitrogens is 2. The van der Waals surface area contributed by atoms with Crippen molar-refractivity contribution in [2.24, 2.45) is 0 Å². The van der Waals surface area contributed by atoms with E-state index in [-0.39, 0.29) is 17.6 Å². The standard InChI is InChI=1S/C19H17N3O2/c1-12-9-14-15(10-19(24)21-16(14)11-18(12)23)17-7-8-20-22(17)13-5-3-2-4-6-13/h2-9,11,15,23H,10H2,1H3,(H,21,24)/t15-/m0/s1. The van der Waals surface area contributed by atoms with E-state index < -0.39 is 0 Å². The number of phenols is 1. The molecule has 24 heavy (non-hydrogen) atoms. The second kappa shape index (κ2) is 5.53. The van der Waals surface area contributed by atoms with Crippen LogP contribution in [0.5, 0.6) is 5.75 Å². The average Bonchev–Trinajstić information content (AvgIpc) is 3.06. The smallest absolute Gasteiger partial charge is 0.225 e. The first-order valence-corrected chi connectivity index (χ1v) is 7.86. The first-order valence-electron chi connectivity index (χ1n) is 7.86.